The molecule has 0 bridgehead atoms. The van der Waals surface area contributed by atoms with Gasteiger partial charge in [-0.2, -0.15) is 0 Å². The van der Waals surface area contributed by atoms with Crippen LogP contribution in [0.2, 0.25) is 0 Å². The van der Waals surface area contributed by atoms with E-state index >= 15 is 0 Å². The van der Waals surface area contributed by atoms with Gasteiger partial charge in [0.05, 0.1) is 6.10 Å². The van der Waals surface area contributed by atoms with Gasteiger partial charge in [0.2, 0.25) is 5.91 Å². The first-order valence-corrected chi connectivity index (χ1v) is 4.32. The highest BCUT2D eigenvalue weighted by atomic mass is 16.5. The summed E-state index contributed by atoms with van der Waals surface area (Å²) in [5.41, 5.74) is 5.79. The number of amides is 1. The second-order valence-electron chi connectivity index (χ2n) is 3.15. The number of carbonyl (C=O) groups excluding carboxylic acids is 1. The maximum Gasteiger partial charge on any atom is 0.216 e. The third-order valence-corrected chi connectivity index (χ3v) is 2.03. The van der Waals surface area contributed by atoms with E-state index in [2.05, 4.69) is 5.32 Å². The number of hydrogen-bond donors (Lipinski definition) is 2. The van der Waals surface area contributed by atoms with Crippen molar-refractivity contribution in [1.29, 1.82) is 0 Å². The fourth-order valence-electron chi connectivity index (χ4n) is 1.33. The van der Waals surface area contributed by atoms with E-state index in [0.29, 0.717) is 6.54 Å². The largest absolute Gasteiger partial charge is 0.377 e. The SMILES string of the molecule is CC(=O)NCC(N)C1CCCO1. The highest BCUT2D eigenvalue weighted by molar-refractivity contribution is 5.72. The third kappa shape index (κ3) is 2.79. The Labute approximate surface area is 72.5 Å². The van der Waals surface area contributed by atoms with Crippen LogP contribution in [0.1, 0.15) is 19.8 Å². The van der Waals surface area contributed by atoms with Gasteiger partial charge in [0.25, 0.3) is 0 Å². The Morgan fingerprint density at radius 2 is 2.58 bits per heavy atom. The molecule has 0 saturated carbocycles. The molecule has 1 aliphatic heterocycles. The van der Waals surface area contributed by atoms with Crippen LogP contribution in [0.25, 0.3) is 0 Å². The second kappa shape index (κ2) is 4.42. The van der Waals surface area contributed by atoms with Crippen LogP contribution in [0.4, 0.5) is 0 Å². The summed E-state index contributed by atoms with van der Waals surface area (Å²) in [5.74, 6) is -0.0385. The van der Waals surface area contributed by atoms with Gasteiger partial charge in [-0.15, -0.1) is 0 Å². The first-order valence-electron chi connectivity index (χ1n) is 4.32. The van der Waals surface area contributed by atoms with Gasteiger partial charge in [-0.25, -0.2) is 0 Å². The quantitative estimate of drug-likeness (QED) is 0.610. The first-order chi connectivity index (χ1) is 5.70. The van der Waals surface area contributed by atoms with Crippen molar-refractivity contribution in [3.63, 3.8) is 0 Å². The number of hydrogen-bond acceptors (Lipinski definition) is 3. The van der Waals surface area contributed by atoms with Gasteiger partial charge < -0.3 is 15.8 Å². The summed E-state index contributed by atoms with van der Waals surface area (Å²) in [6, 6.07) is -0.0589. The van der Waals surface area contributed by atoms with Gasteiger partial charge in [-0.05, 0) is 12.8 Å². The van der Waals surface area contributed by atoms with Crippen molar-refractivity contribution in [2.24, 2.45) is 5.73 Å². The molecule has 70 valence electrons. The van der Waals surface area contributed by atoms with Crippen LogP contribution in [-0.4, -0.2) is 31.2 Å². The Balaban J connectivity index is 2.17. The summed E-state index contributed by atoms with van der Waals surface area (Å²) in [6.45, 7) is 2.81. The molecule has 1 fully saturated rings. The predicted octanol–water partition coefficient (Wildman–Crippen LogP) is -0.371. The van der Waals surface area contributed by atoms with Gasteiger partial charge >= 0.3 is 0 Å². The van der Waals surface area contributed by atoms with E-state index in [-0.39, 0.29) is 18.1 Å². The Kier molecular flexibility index (Phi) is 3.49. The Bertz CT molecular complexity index is 155. The molecule has 0 aromatic carbocycles. The molecule has 0 radical (unpaired) electrons. The van der Waals surface area contributed by atoms with Crippen LogP contribution in [0.5, 0.6) is 0 Å². The molecular weight excluding hydrogens is 156 g/mol. The molecule has 2 atom stereocenters. The second-order valence-corrected chi connectivity index (χ2v) is 3.15. The zero-order valence-corrected chi connectivity index (χ0v) is 7.38. The molecule has 1 heterocycles. The molecule has 1 saturated heterocycles. The third-order valence-electron chi connectivity index (χ3n) is 2.03. The minimum Gasteiger partial charge on any atom is -0.377 e. The molecule has 1 amide bonds. The number of carbonyl (C=O) groups is 1. The lowest BCUT2D eigenvalue weighted by atomic mass is 10.1. The smallest absolute Gasteiger partial charge is 0.216 e. The zero-order chi connectivity index (χ0) is 8.97. The molecule has 3 N–H and O–H groups in total. The van der Waals surface area contributed by atoms with Crippen molar-refractivity contribution in [3.05, 3.63) is 0 Å². The van der Waals surface area contributed by atoms with Crippen molar-refractivity contribution in [1.82, 2.24) is 5.32 Å². The topological polar surface area (TPSA) is 64.4 Å². The fraction of sp³-hybridized carbons (Fsp3) is 0.875. The number of rotatable bonds is 3. The molecular formula is C8H16N2O2. The summed E-state index contributed by atoms with van der Waals surface area (Å²) in [7, 11) is 0. The highest BCUT2D eigenvalue weighted by Gasteiger charge is 2.22. The maximum atomic E-state index is 10.6. The van der Waals surface area contributed by atoms with E-state index in [4.69, 9.17) is 10.5 Å². The Morgan fingerprint density at radius 3 is 3.08 bits per heavy atom. The molecule has 4 nitrogen and oxygen atoms in total. The minimum atomic E-state index is -0.0589. The highest BCUT2D eigenvalue weighted by Crippen LogP contribution is 2.13. The van der Waals surface area contributed by atoms with Crippen molar-refractivity contribution >= 4 is 5.91 Å². The molecule has 4 heteroatoms. The first kappa shape index (κ1) is 9.48. The molecule has 0 aliphatic carbocycles. The number of nitrogens with two attached hydrogens (primary N) is 1. The summed E-state index contributed by atoms with van der Waals surface area (Å²) in [4.78, 5) is 10.6. The minimum absolute atomic E-state index is 0.0385. The van der Waals surface area contributed by atoms with E-state index in [1.807, 2.05) is 0 Å². The standard InChI is InChI=1S/C8H16N2O2/c1-6(11)10-5-7(9)8-3-2-4-12-8/h7-8H,2-5,9H2,1H3,(H,10,11). The fourth-order valence-corrected chi connectivity index (χ4v) is 1.33. The summed E-state index contributed by atoms with van der Waals surface area (Å²) in [6.07, 6.45) is 2.23. The van der Waals surface area contributed by atoms with E-state index < -0.39 is 0 Å². The van der Waals surface area contributed by atoms with Gasteiger partial charge in [-0.1, -0.05) is 0 Å². The number of ether oxygens (including phenoxy) is 1. The van der Waals surface area contributed by atoms with E-state index in [1.54, 1.807) is 0 Å². The van der Waals surface area contributed by atoms with Crippen molar-refractivity contribution in [3.8, 4) is 0 Å². The van der Waals surface area contributed by atoms with Crippen LogP contribution >= 0.6 is 0 Å². The Hall–Kier alpha value is -0.610. The molecule has 12 heavy (non-hydrogen) atoms. The van der Waals surface area contributed by atoms with Crippen LogP contribution in [0.15, 0.2) is 0 Å². The van der Waals surface area contributed by atoms with Crippen molar-refractivity contribution in [2.75, 3.05) is 13.2 Å². The van der Waals surface area contributed by atoms with Crippen LogP contribution in [0, 0.1) is 0 Å². The average molecular weight is 172 g/mol. The van der Waals surface area contributed by atoms with Gasteiger partial charge in [0.1, 0.15) is 0 Å². The van der Waals surface area contributed by atoms with E-state index in [9.17, 15) is 4.79 Å². The van der Waals surface area contributed by atoms with Crippen LogP contribution < -0.4 is 11.1 Å². The normalized spacial score (nSPS) is 25.3. The molecule has 1 aliphatic rings. The lowest BCUT2D eigenvalue weighted by Crippen LogP contribution is -2.44. The lowest BCUT2D eigenvalue weighted by molar-refractivity contribution is -0.119. The lowest BCUT2D eigenvalue weighted by Gasteiger charge is -2.18. The van der Waals surface area contributed by atoms with Crippen LogP contribution in [-0.2, 0) is 9.53 Å². The average Bonchev–Trinajstić information content (AvgIpc) is 2.51. The van der Waals surface area contributed by atoms with Crippen LogP contribution in [0.3, 0.4) is 0 Å². The molecule has 1 rings (SSSR count). The van der Waals surface area contributed by atoms with Gasteiger partial charge in [-0.3, -0.25) is 4.79 Å². The van der Waals surface area contributed by atoms with Gasteiger partial charge in [0.15, 0.2) is 0 Å². The summed E-state index contributed by atoms with van der Waals surface area (Å²) >= 11 is 0. The monoisotopic (exact) mass is 172 g/mol. The van der Waals surface area contributed by atoms with E-state index in [1.165, 1.54) is 6.92 Å². The molecule has 2 unspecified atom stereocenters. The summed E-state index contributed by atoms with van der Waals surface area (Å²) < 4.78 is 5.37. The predicted molar refractivity (Wildman–Crippen MR) is 45.6 cm³/mol. The number of nitrogens with one attached hydrogen (secondary N) is 1. The summed E-state index contributed by atoms with van der Waals surface area (Å²) in [5, 5.41) is 2.68. The molecule has 0 aromatic heterocycles. The van der Waals surface area contributed by atoms with Crippen molar-refractivity contribution < 1.29 is 9.53 Å². The molecule has 0 aromatic rings. The van der Waals surface area contributed by atoms with E-state index in [0.717, 1.165) is 19.4 Å². The van der Waals surface area contributed by atoms with Gasteiger partial charge in [0, 0.05) is 26.1 Å². The Morgan fingerprint density at radius 1 is 1.83 bits per heavy atom. The zero-order valence-electron chi connectivity index (χ0n) is 7.38. The van der Waals surface area contributed by atoms with Crippen molar-refractivity contribution in [2.45, 2.75) is 31.9 Å². The molecule has 0 spiro atoms. The maximum absolute atomic E-state index is 10.6.